The van der Waals surface area contributed by atoms with Crippen LogP contribution in [0.25, 0.3) is 0 Å². The molecule has 7 heteroatoms. The number of nitrogens with one attached hydrogen (secondary N) is 2. The summed E-state index contributed by atoms with van der Waals surface area (Å²) in [6, 6.07) is 3.49. The quantitative estimate of drug-likeness (QED) is 0.530. The fraction of sp³-hybridized carbons (Fsp3) is 0.462. The number of benzene rings is 1. The third-order valence-corrected chi connectivity index (χ3v) is 3.45. The summed E-state index contributed by atoms with van der Waals surface area (Å²) >= 11 is 2.11. The Morgan fingerprint density at radius 1 is 1.20 bits per heavy atom. The van der Waals surface area contributed by atoms with E-state index < -0.39 is 0 Å². The van der Waals surface area contributed by atoms with Crippen LogP contribution in [-0.2, 0) is 0 Å². The molecule has 1 rings (SSSR count). The van der Waals surface area contributed by atoms with Gasteiger partial charge in [0.1, 0.15) is 0 Å². The zero-order valence-corrected chi connectivity index (χ0v) is 14.8. The van der Waals surface area contributed by atoms with E-state index >= 15 is 0 Å². The van der Waals surface area contributed by atoms with E-state index in [1.54, 1.807) is 26.4 Å². The van der Waals surface area contributed by atoms with Gasteiger partial charge in [-0.1, -0.05) is 6.92 Å². The van der Waals surface area contributed by atoms with Gasteiger partial charge in [0.15, 0.2) is 11.5 Å². The van der Waals surface area contributed by atoms with Crippen LogP contribution < -0.4 is 20.1 Å². The van der Waals surface area contributed by atoms with Crippen molar-refractivity contribution in [2.45, 2.75) is 6.92 Å². The first kappa shape index (κ1) is 19.3. The molecule has 20 heavy (non-hydrogen) atoms. The van der Waals surface area contributed by atoms with Crippen LogP contribution in [0.4, 0.5) is 0 Å². The summed E-state index contributed by atoms with van der Waals surface area (Å²) in [7, 11) is 3.13. The smallest absolute Gasteiger partial charge is 0.252 e. The van der Waals surface area contributed by atoms with E-state index in [2.05, 4.69) is 33.2 Å². The van der Waals surface area contributed by atoms with E-state index in [9.17, 15) is 4.79 Å². The molecule has 1 aromatic carbocycles. The standard InChI is InChI=1S/C13H19IN2O3.ClH/c1-4-15-5-6-16-13(17)9-7-11(18-2)12(19-3)8-10(9)14;/h7-8,15H,4-6H2,1-3H3,(H,16,17);1H. The molecule has 0 aliphatic rings. The van der Waals surface area contributed by atoms with E-state index in [0.29, 0.717) is 23.6 Å². The van der Waals surface area contributed by atoms with Crippen molar-refractivity contribution in [3.05, 3.63) is 21.3 Å². The molecular weight excluding hydrogens is 395 g/mol. The molecule has 0 atom stereocenters. The van der Waals surface area contributed by atoms with Crippen LogP contribution in [0.2, 0.25) is 0 Å². The second-order valence-corrected chi connectivity index (χ2v) is 4.96. The van der Waals surface area contributed by atoms with E-state index in [0.717, 1.165) is 16.7 Å². The summed E-state index contributed by atoms with van der Waals surface area (Å²) in [6.07, 6.45) is 0. The summed E-state index contributed by atoms with van der Waals surface area (Å²) in [5, 5.41) is 6.01. The van der Waals surface area contributed by atoms with Gasteiger partial charge in [-0.15, -0.1) is 12.4 Å². The van der Waals surface area contributed by atoms with E-state index in [4.69, 9.17) is 9.47 Å². The molecule has 5 nitrogen and oxygen atoms in total. The van der Waals surface area contributed by atoms with Gasteiger partial charge in [0.2, 0.25) is 0 Å². The minimum absolute atomic E-state index is 0. The lowest BCUT2D eigenvalue weighted by atomic mass is 10.2. The van der Waals surface area contributed by atoms with Gasteiger partial charge in [-0.3, -0.25) is 4.79 Å². The van der Waals surface area contributed by atoms with Gasteiger partial charge in [0.05, 0.1) is 19.8 Å². The van der Waals surface area contributed by atoms with Crippen LogP contribution in [0, 0.1) is 3.57 Å². The lowest BCUT2D eigenvalue weighted by Gasteiger charge is -2.12. The minimum atomic E-state index is -0.108. The number of amides is 1. The van der Waals surface area contributed by atoms with E-state index in [-0.39, 0.29) is 18.3 Å². The summed E-state index contributed by atoms with van der Waals surface area (Å²) in [5.41, 5.74) is 0.592. The molecule has 2 N–H and O–H groups in total. The topological polar surface area (TPSA) is 59.6 Å². The maximum Gasteiger partial charge on any atom is 0.252 e. The highest BCUT2D eigenvalue weighted by Crippen LogP contribution is 2.31. The van der Waals surface area contributed by atoms with Crippen molar-refractivity contribution in [1.82, 2.24) is 10.6 Å². The Morgan fingerprint density at radius 2 is 1.80 bits per heavy atom. The molecule has 114 valence electrons. The zero-order valence-electron chi connectivity index (χ0n) is 11.8. The van der Waals surface area contributed by atoms with Gasteiger partial charge < -0.3 is 20.1 Å². The lowest BCUT2D eigenvalue weighted by Crippen LogP contribution is -2.32. The molecule has 0 aromatic heterocycles. The van der Waals surface area contributed by atoms with Gasteiger partial charge in [0.25, 0.3) is 5.91 Å². The van der Waals surface area contributed by atoms with Gasteiger partial charge in [-0.05, 0) is 41.3 Å². The fourth-order valence-electron chi connectivity index (χ4n) is 1.56. The second kappa shape index (κ2) is 10.1. The largest absolute Gasteiger partial charge is 0.493 e. The molecule has 0 fully saturated rings. The summed E-state index contributed by atoms with van der Waals surface area (Å²) < 4.78 is 11.2. The molecule has 0 saturated heterocycles. The molecule has 0 unspecified atom stereocenters. The number of ether oxygens (including phenoxy) is 2. The van der Waals surface area contributed by atoms with Gasteiger partial charge in [-0.25, -0.2) is 0 Å². The molecule has 1 amide bonds. The van der Waals surface area contributed by atoms with E-state index in [1.165, 1.54) is 0 Å². The zero-order chi connectivity index (χ0) is 14.3. The maximum absolute atomic E-state index is 12.1. The minimum Gasteiger partial charge on any atom is -0.493 e. The third kappa shape index (κ3) is 5.34. The van der Waals surface area contributed by atoms with Crippen LogP contribution in [0.1, 0.15) is 17.3 Å². The van der Waals surface area contributed by atoms with Gasteiger partial charge in [0, 0.05) is 16.7 Å². The van der Waals surface area contributed by atoms with Crippen LogP contribution >= 0.6 is 35.0 Å². The van der Waals surface area contributed by atoms with Crippen LogP contribution in [-0.4, -0.2) is 39.8 Å². The lowest BCUT2D eigenvalue weighted by molar-refractivity contribution is 0.0952. The van der Waals surface area contributed by atoms with Crippen LogP contribution in [0.3, 0.4) is 0 Å². The predicted octanol–water partition coefficient (Wildman–Crippen LogP) is 2.07. The maximum atomic E-state index is 12.1. The van der Waals surface area contributed by atoms with Crippen molar-refractivity contribution in [3.63, 3.8) is 0 Å². The monoisotopic (exact) mass is 414 g/mol. The molecule has 1 aromatic rings. The third-order valence-electron chi connectivity index (χ3n) is 2.56. The fourth-order valence-corrected chi connectivity index (χ4v) is 2.25. The number of hydrogen-bond donors (Lipinski definition) is 2. The highest BCUT2D eigenvalue weighted by molar-refractivity contribution is 14.1. The molecule has 0 aliphatic heterocycles. The SMILES string of the molecule is CCNCCNC(=O)c1cc(OC)c(OC)cc1I.Cl. The normalized spacial score (nSPS) is 9.60. The Morgan fingerprint density at radius 3 is 2.35 bits per heavy atom. The number of halogens is 2. The number of carbonyl (C=O) groups excluding carboxylic acids is 1. The Labute approximate surface area is 139 Å². The van der Waals surface area contributed by atoms with Crippen molar-refractivity contribution in [2.75, 3.05) is 33.9 Å². The second-order valence-electron chi connectivity index (χ2n) is 3.80. The predicted molar refractivity (Wildman–Crippen MR) is 90.4 cm³/mol. The molecule has 0 radical (unpaired) electrons. The van der Waals surface area contributed by atoms with Gasteiger partial charge in [-0.2, -0.15) is 0 Å². The molecule has 0 aliphatic carbocycles. The molecular formula is C13H20ClIN2O3. The number of likely N-dealkylation sites (N-methyl/N-ethyl adjacent to an activating group) is 1. The number of methoxy groups -OCH3 is 2. The Hall–Kier alpha value is -0.730. The van der Waals surface area contributed by atoms with Crippen molar-refractivity contribution in [3.8, 4) is 11.5 Å². The summed E-state index contributed by atoms with van der Waals surface area (Å²) in [5.74, 6) is 1.07. The van der Waals surface area contributed by atoms with Crippen molar-refractivity contribution in [1.29, 1.82) is 0 Å². The van der Waals surface area contributed by atoms with Gasteiger partial charge >= 0.3 is 0 Å². The Balaban J connectivity index is 0.00000361. The highest BCUT2D eigenvalue weighted by Gasteiger charge is 2.14. The molecule has 0 saturated carbocycles. The summed E-state index contributed by atoms with van der Waals surface area (Å²) in [4.78, 5) is 12.1. The van der Waals surface area contributed by atoms with E-state index in [1.807, 2.05) is 6.92 Å². The Bertz CT molecular complexity index is 444. The van der Waals surface area contributed by atoms with Crippen molar-refractivity contribution < 1.29 is 14.3 Å². The number of rotatable bonds is 7. The average molecular weight is 415 g/mol. The average Bonchev–Trinajstić information content (AvgIpc) is 2.42. The van der Waals surface area contributed by atoms with Crippen molar-refractivity contribution in [2.24, 2.45) is 0 Å². The van der Waals surface area contributed by atoms with Crippen LogP contribution in [0.5, 0.6) is 11.5 Å². The number of carbonyl (C=O) groups is 1. The Kier molecular flexibility index (Phi) is 9.70. The molecule has 0 bridgehead atoms. The van der Waals surface area contributed by atoms with Crippen LogP contribution in [0.15, 0.2) is 12.1 Å². The first-order chi connectivity index (χ1) is 9.13. The van der Waals surface area contributed by atoms with Crippen molar-refractivity contribution >= 4 is 40.9 Å². The molecule has 0 heterocycles. The first-order valence-electron chi connectivity index (χ1n) is 6.04. The number of hydrogen-bond acceptors (Lipinski definition) is 4. The molecule has 0 spiro atoms. The highest BCUT2D eigenvalue weighted by atomic mass is 127. The first-order valence-corrected chi connectivity index (χ1v) is 7.12. The summed E-state index contributed by atoms with van der Waals surface area (Å²) in [6.45, 7) is 4.27.